The van der Waals surface area contributed by atoms with Crippen molar-refractivity contribution in [2.24, 2.45) is 0 Å². The summed E-state index contributed by atoms with van der Waals surface area (Å²) in [4.78, 5) is 6.66. The molecule has 0 saturated carbocycles. The Morgan fingerprint density at radius 3 is 2.76 bits per heavy atom. The van der Waals surface area contributed by atoms with Crippen molar-refractivity contribution in [3.05, 3.63) is 42.1 Å². The van der Waals surface area contributed by atoms with Crippen molar-refractivity contribution in [1.29, 1.82) is 0 Å². The van der Waals surface area contributed by atoms with Gasteiger partial charge in [-0.3, -0.25) is 0 Å². The Morgan fingerprint density at radius 1 is 1.24 bits per heavy atom. The summed E-state index contributed by atoms with van der Waals surface area (Å²) in [5.74, 6) is 1.34. The van der Waals surface area contributed by atoms with Gasteiger partial charge in [-0.15, -0.1) is 5.10 Å². The largest absolute Gasteiger partial charge is 0.383 e. The lowest BCUT2D eigenvalue weighted by molar-refractivity contribution is 0.210. The zero-order valence-corrected chi connectivity index (χ0v) is 12.5. The van der Waals surface area contributed by atoms with Crippen molar-refractivity contribution in [2.45, 2.75) is 13.5 Å². The van der Waals surface area contributed by atoms with E-state index in [4.69, 9.17) is 4.74 Å². The molecule has 0 aliphatic heterocycles. The van der Waals surface area contributed by atoms with Crippen LogP contribution in [0, 0.1) is 0 Å². The Balaban J connectivity index is 2.05. The van der Waals surface area contributed by atoms with Crippen LogP contribution >= 0.6 is 0 Å². The number of rotatable bonds is 8. The molecular weight excluding hydrogens is 266 g/mol. The number of ether oxygens (including phenoxy) is 1. The third-order valence-electron chi connectivity index (χ3n) is 3.06. The minimum absolute atomic E-state index is 0.524. The third-order valence-corrected chi connectivity index (χ3v) is 3.06. The molecule has 0 radical (unpaired) electrons. The molecular formula is C15H21N5O. The molecule has 1 aromatic carbocycles. The SMILES string of the molecule is CCN(Cc1ccccc1)c1cnnc(NCCOC)n1. The summed E-state index contributed by atoms with van der Waals surface area (Å²) >= 11 is 0. The average Bonchev–Trinajstić information content (AvgIpc) is 2.54. The van der Waals surface area contributed by atoms with Gasteiger partial charge in [0.2, 0.25) is 5.95 Å². The lowest BCUT2D eigenvalue weighted by atomic mass is 10.2. The Hall–Kier alpha value is -2.21. The molecule has 0 aliphatic rings. The van der Waals surface area contributed by atoms with E-state index < -0.39 is 0 Å². The number of hydrogen-bond acceptors (Lipinski definition) is 6. The van der Waals surface area contributed by atoms with Gasteiger partial charge in [-0.1, -0.05) is 30.3 Å². The summed E-state index contributed by atoms with van der Waals surface area (Å²) in [7, 11) is 1.66. The minimum atomic E-state index is 0.524. The highest BCUT2D eigenvalue weighted by atomic mass is 16.5. The van der Waals surface area contributed by atoms with Crippen molar-refractivity contribution in [3.8, 4) is 0 Å². The van der Waals surface area contributed by atoms with Crippen LogP contribution in [0.15, 0.2) is 36.5 Å². The van der Waals surface area contributed by atoms with Crippen LogP contribution in [0.25, 0.3) is 0 Å². The molecule has 1 aromatic heterocycles. The second-order valence-corrected chi connectivity index (χ2v) is 4.56. The van der Waals surface area contributed by atoms with E-state index in [1.165, 1.54) is 5.56 Å². The third kappa shape index (κ3) is 4.68. The van der Waals surface area contributed by atoms with Gasteiger partial charge < -0.3 is 15.0 Å². The molecule has 6 nitrogen and oxygen atoms in total. The zero-order valence-electron chi connectivity index (χ0n) is 12.5. The molecule has 1 heterocycles. The normalized spacial score (nSPS) is 10.4. The second-order valence-electron chi connectivity index (χ2n) is 4.56. The molecule has 0 amide bonds. The van der Waals surface area contributed by atoms with Crippen LogP contribution in [0.4, 0.5) is 11.8 Å². The molecule has 21 heavy (non-hydrogen) atoms. The summed E-state index contributed by atoms with van der Waals surface area (Å²) in [5, 5.41) is 11.1. The molecule has 6 heteroatoms. The second kappa shape index (κ2) is 8.16. The van der Waals surface area contributed by atoms with Gasteiger partial charge in [0.1, 0.15) is 0 Å². The Morgan fingerprint density at radius 2 is 2.05 bits per heavy atom. The first-order valence-corrected chi connectivity index (χ1v) is 7.05. The van der Waals surface area contributed by atoms with Gasteiger partial charge >= 0.3 is 0 Å². The summed E-state index contributed by atoms with van der Waals surface area (Å²) in [5.41, 5.74) is 1.24. The maximum Gasteiger partial charge on any atom is 0.244 e. The first kappa shape index (κ1) is 15.2. The Kier molecular flexibility index (Phi) is 5.90. The molecule has 0 unspecified atom stereocenters. The van der Waals surface area contributed by atoms with Crippen LogP contribution in [0.5, 0.6) is 0 Å². The van der Waals surface area contributed by atoms with Crippen molar-refractivity contribution in [1.82, 2.24) is 15.2 Å². The standard InChI is InChI=1S/C15H21N5O/c1-3-20(12-13-7-5-4-6-8-13)14-11-17-19-15(18-14)16-9-10-21-2/h4-8,11H,3,9-10,12H2,1-2H3,(H,16,18,19). The predicted octanol–water partition coefficient (Wildman–Crippen LogP) is 1.96. The number of aromatic nitrogens is 3. The quantitative estimate of drug-likeness (QED) is 0.749. The van der Waals surface area contributed by atoms with Gasteiger partial charge in [-0.05, 0) is 12.5 Å². The van der Waals surface area contributed by atoms with Crippen molar-refractivity contribution >= 4 is 11.8 Å². The predicted molar refractivity (Wildman–Crippen MR) is 83.4 cm³/mol. The lowest BCUT2D eigenvalue weighted by Gasteiger charge is -2.21. The van der Waals surface area contributed by atoms with Crippen molar-refractivity contribution < 1.29 is 4.74 Å². The van der Waals surface area contributed by atoms with E-state index in [0.717, 1.165) is 18.9 Å². The fraction of sp³-hybridized carbons (Fsp3) is 0.400. The van der Waals surface area contributed by atoms with Gasteiger partial charge in [0.25, 0.3) is 0 Å². The topological polar surface area (TPSA) is 63.2 Å². The van der Waals surface area contributed by atoms with Crippen LogP contribution in [-0.2, 0) is 11.3 Å². The van der Waals surface area contributed by atoms with Gasteiger partial charge in [0, 0.05) is 26.7 Å². The monoisotopic (exact) mass is 287 g/mol. The van der Waals surface area contributed by atoms with Gasteiger partial charge in [-0.2, -0.15) is 10.1 Å². The fourth-order valence-corrected chi connectivity index (χ4v) is 1.95. The maximum absolute atomic E-state index is 4.99. The van der Waals surface area contributed by atoms with Gasteiger partial charge in [0.15, 0.2) is 5.82 Å². The summed E-state index contributed by atoms with van der Waals surface area (Å²) in [6.07, 6.45) is 1.69. The first-order chi connectivity index (χ1) is 10.3. The molecule has 1 N–H and O–H groups in total. The molecule has 0 bridgehead atoms. The molecule has 112 valence electrons. The molecule has 2 rings (SSSR count). The number of nitrogens with one attached hydrogen (secondary N) is 1. The lowest BCUT2D eigenvalue weighted by Crippen LogP contribution is -2.24. The van der Waals surface area contributed by atoms with Crippen LogP contribution in [0.1, 0.15) is 12.5 Å². The van der Waals surface area contributed by atoms with E-state index in [-0.39, 0.29) is 0 Å². The molecule has 0 saturated heterocycles. The molecule has 0 spiro atoms. The van der Waals surface area contributed by atoms with E-state index in [1.807, 2.05) is 18.2 Å². The summed E-state index contributed by atoms with van der Waals surface area (Å²) < 4.78 is 4.99. The van der Waals surface area contributed by atoms with Crippen molar-refractivity contribution in [3.63, 3.8) is 0 Å². The minimum Gasteiger partial charge on any atom is -0.383 e. The molecule has 0 atom stereocenters. The smallest absolute Gasteiger partial charge is 0.244 e. The molecule has 0 fully saturated rings. The average molecular weight is 287 g/mol. The molecule has 2 aromatic rings. The van der Waals surface area contributed by atoms with E-state index in [2.05, 4.69) is 44.5 Å². The highest BCUT2D eigenvalue weighted by Gasteiger charge is 2.08. The van der Waals surface area contributed by atoms with E-state index in [9.17, 15) is 0 Å². The Labute approximate surface area is 125 Å². The van der Waals surface area contributed by atoms with E-state index >= 15 is 0 Å². The number of anilines is 2. The van der Waals surface area contributed by atoms with Crippen molar-refractivity contribution in [2.75, 3.05) is 37.0 Å². The molecule has 0 aliphatic carbocycles. The zero-order chi connectivity index (χ0) is 14.9. The van der Waals surface area contributed by atoms with Gasteiger partial charge in [-0.25, -0.2) is 0 Å². The van der Waals surface area contributed by atoms with E-state index in [1.54, 1.807) is 13.3 Å². The summed E-state index contributed by atoms with van der Waals surface area (Å²) in [6, 6.07) is 10.3. The Bertz CT molecular complexity index is 535. The number of methoxy groups -OCH3 is 1. The number of hydrogen-bond donors (Lipinski definition) is 1. The maximum atomic E-state index is 4.99. The number of benzene rings is 1. The van der Waals surface area contributed by atoms with E-state index in [0.29, 0.717) is 19.1 Å². The first-order valence-electron chi connectivity index (χ1n) is 7.05. The number of nitrogens with zero attached hydrogens (tertiary/aromatic N) is 4. The van der Waals surface area contributed by atoms with Gasteiger partial charge in [0.05, 0.1) is 12.8 Å². The highest BCUT2D eigenvalue weighted by Crippen LogP contribution is 2.14. The van der Waals surface area contributed by atoms with Crippen LogP contribution in [0.3, 0.4) is 0 Å². The van der Waals surface area contributed by atoms with Crippen LogP contribution in [-0.4, -0.2) is 42.0 Å². The highest BCUT2D eigenvalue weighted by molar-refractivity contribution is 5.41. The van der Waals surface area contributed by atoms with Crippen LogP contribution < -0.4 is 10.2 Å². The summed E-state index contributed by atoms with van der Waals surface area (Å²) in [6.45, 7) is 5.02. The fourth-order valence-electron chi connectivity index (χ4n) is 1.95. The van der Waals surface area contributed by atoms with Crippen LogP contribution in [0.2, 0.25) is 0 Å².